The SMILES string of the molecule is Nc1cc(F)cc(C(=O)NC2CCN3CCCCC23)c1F. The Hall–Kier alpha value is -1.69. The lowest BCUT2D eigenvalue weighted by molar-refractivity contribution is 0.0911. The number of nitrogens with two attached hydrogens (primary N) is 1. The Labute approximate surface area is 122 Å². The smallest absolute Gasteiger partial charge is 0.254 e. The molecule has 0 aromatic heterocycles. The van der Waals surface area contributed by atoms with Crippen molar-refractivity contribution in [1.82, 2.24) is 10.2 Å². The molecule has 0 aliphatic carbocycles. The highest BCUT2D eigenvalue weighted by Gasteiger charge is 2.36. The van der Waals surface area contributed by atoms with Crippen LogP contribution in [0.3, 0.4) is 0 Å². The third kappa shape index (κ3) is 2.72. The number of anilines is 1. The van der Waals surface area contributed by atoms with Gasteiger partial charge >= 0.3 is 0 Å². The van der Waals surface area contributed by atoms with Crippen LogP contribution in [-0.2, 0) is 0 Å². The van der Waals surface area contributed by atoms with Gasteiger partial charge in [0, 0.05) is 18.6 Å². The Morgan fingerprint density at radius 2 is 2.05 bits per heavy atom. The Balaban J connectivity index is 1.75. The molecule has 1 aromatic rings. The van der Waals surface area contributed by atoms with Crippen LogP contribution in [0.15, 0.2) is 12.1 Å². The molecule has 2 aliphatic heterocycles. The van der Waals surface area contributed by atoms with Gasteiger partial charge < -0.3 is 11.1 Å². The first-order chi connectivity index (χ1) is 10.1. The highest BCUT2D eigenvalue weighted by Crippen LogP contribution is 2.27. The monoisotopic (exact) mass is 295 g/mol. The Bertz CT molecular complexity index is 564. The molecular formula is C15H19F2N3O. The molecule has 1 amide bonds. The molecule has 2 atom stereocenters. The molecule has 3 rings (SSSR count). The minimum absolute atomic E-state index is 0.00157. The molecule has 0 radical (unpaired) electrons. The number of nitrogens with zero attached hydrogens (tertiary/aromatic N) is 1. The predicted molar refractivity (Wildman–Crippen MR) is 75.9 cm³/mol. The van der Waals surface area contributed by atoms with Crippen molar-refractivity contribution in [2.45, 2.75) is 37.8 Å². The zero-order valence-electron chi connectivity index (χ0n) is 11.7. The van der Waals surface area contributed by atoms with Crippen molar-refractivity contribution in [1.29, 1.82) is 0 Å². The second kappa shape index (κ2) is 5.60. The number of carbonyl (C=O) groups is 1. The number of hydrogen-bond donors (Lipinski definition) is 2. The largest absolute Gasteiger partial charge is 0.396 e. The average Bonchev–Trinajstić information content (AvgIpc) is 2.86. The summed E-state index contributed by atoms with van der Waals surface area (Å²) in [6.07, 6.45) is 4.22. The molecule has 2 aliphatic rings. The highest BCUT2D eigenvalue weighted by atomic mass is 19.1. The number of amides is 1. The molecule has 0 saturated carbocycles. The molecule has 0 bridgehead atoms. The topological polar surface area (TPSA) is 58.4 Å². The number of benzene rings is 1. The zero-order valence-corrected chi connectivity index (χ0v) is 11.7. The van der Waals surface area contributed by atoms with Gasteiger partial charge in [-0.15, -0.1) is 0 Å². The average molecular weight is 295 g/mol. The van der Waals surface area contributed by atoms with Gasteiger partial charge in [-0.05, 0) is 37.9 Å². The van der Waals surface area contributed by atoms with E-state index in [1.165, 1.54) is 6.42 Å². The summed E-state index contributed by atoms with van der Waals surface area (Å²) in [5.41, 5.74) is 4.71. The number of nitrogen functional groups attached to an aromatic ring is 1. The van der Waals surface area contributed by atoms with Gasteiger partial charge in [0.05, 0.1) is 11.3 Å². The van der Waals surface area contributed by atoms with Crippen LogP contribution in [0.1, 0.15) is 36.0 Å². The molecule has 2 fully saturated rings. The normalized spacial score (nSPS) is 25.6. The number of halogens is 2. The van der Waals surface area contributed by atoms with Crippen LogP contribution >= 0.6 is 0 Å². The van der Waals surface area contributed by atoms with Crippen molar-refractivity contribution in [2.24, 2.45) is 0 Å². The maximum absolute atomic E-state index is 13.9. The van der Waals surface area contributed by atoms with E-state index in [0.717, 1.165) is 44.5 Å². The number of piperidine rings is 1. The minimum Gasteiger partial charge on any atom is -0.396 e. The Morgan fingerprint density at radius 3 is 2.86 bits per heavy atom. The van der Waals surface area contributed by atoms with Gasteiger partial charge in [0.25, 0.3) is 5.91 Å². The third-order valence-electron chi connectivity index (χ3n) is 4.48. The van der Waals surface area contributed by atoms with Gasteiger partial charge in [0.1, 0.15) is 5.82 Å². The van der Waals surface area contributed by atoms with E-state index in [0.29, 0.717) is 6.04 Å². The fourth-order valence-electron chi connectivity index (χ4n) is 3.44. The van der Waals surface area contributed by atoms with Crippen LogP contribution in [0.2, 0.25) is 0 Å². The molecule has 6 heteroatoms. The standard InChI is InChI=1S/C15H19F2N3O/c16-9-7-10(14(17)11(18)8-9)15(21)19-12-4-6-20-5-2-1-3-13(12)20/h7-8,12-13H,1-6,18H2,(H,19,21). The fraction of sp³-hybridized carbons (Fsp3) is 0.533. The molecule has 1 aromatic carbocycles. The summed E-state index contributed by atoms with van der Waals surface area (Å²) in [5, 5.41) is 2.85. The van der Waals surface area contributed by atoms with Crippen LogP contribution < -0.4 is 11.1 Å². The molecule has 2 heterocycles. The summed E-state index contributed by atoms with van der Waals surface area (Å²) in [4.78, 5) is 14.6. The summed E-state index contributed by atoms with van der Waals surface area (Å²) >= 11 is 0. The van der Waals surface area contributed by atoms with Crippen molar-refractivity contribution >= 4 is 11.6 Å². The second-order valence-corrected chi connectivity index (χ2v) is 5.82. The lowest BCUT2D eigenvalue weighted by Crippen LogP contribution is -2.47. The Morgan fingerprint density at radius 1 is 1.24 bits per heavy atom. The molecule has 21 heavy (non-hydrogen) atoms. The van der Waals surface area contributed by atoms with Gasteiger partial charge in [-0.3, -0.25) is 9.69 Å². The fourth-order valence-corrected chi connectivity index (χ4v) is 3.44. The summed E-state index contributed by atoms with van der Waals surface area (Å²) in [7, 11) is 0. The second-order valence-electron chi connectivity index (χ2n) is 5.82. The molecule has 2 unspecified atom stereocenters. The van der Waals surface area contributed by atoms with Crippen LogP contribution in [0.4, 0.5) is 14.5 Å². The first kappa shape index (κ1) is 14.3. The van der Waals surface area contributed by atoms with E-state index < -0.39 is 17.5 Å². The first-order valence-corrected chi connectivity index (χ1v) is 7.35. The number of hydrogen-bond acceptors (Lipinski definition) is 3. The lowest BCUT2D eigenvalue weighted by atomic mass is 9.98. The van der Waals surface area contributed by atoms with Crippen molar-refractivity contribution < 1.29 is 13.6 Å². The van der Waals surface area contributed by atoms with Gasteiger partial charge in [0.2, 0.25) is 0 Å². The van der Waals surface area contributed by atoms with Crippen LogP contribution in [0.25, 0.3) is 0 Å². The summed E-state index contributed by atoms with van der Waals surface area (Å²) < 4.78 is 27.2. The van der Waals surface area contributed by atoms with E-state index in [2.05, 4.69) is 10.2 Å². The first-order valence-electron chi connectivity index (χ1n) is 7.35. The van der Waals surface area contributed by atoms with Crippen LogP contribution in [0.5, 0.6) is 0 Å². The molecule has 114 valence electrons. The summed E-state index contributed by atoms with van der Waals surface area (Å²) in [5.74, 6) is -2.15. The third-order valence-corrected chi connectivity index (χ3v) is 4.48. The van der Waals surface area contributed by atoms with Crippen molar-refractivity contribution in [3.05, 3.63) is 29.3 Å². The van der Waals surface area contributed by atoms with Crippen molar-refractivity contribution in [3.8, 4) is 0 Å². The van der Waals surface area contributed by atoms with Gasteiger partial charge in [-0.2, -0.15) is 0 Å². The zero-order chi connectivity index (χ0) is 15.0. The van der Waals surface area contributed by atoms with Crippen LogP contribution in [-0.4, -0.2) is 36.0 Å². The van der Waals surface area contributed by atoms with E-state index in [4.69, 9.17) is 5.73 Å². The lowest BCUT2D eigenvalue weighted by Gasteiger charge is -2.32. The maximum atomic E-state index is 13.9. The molecule has 4 nitrogen and oxygen atoms in total. The summed E-state index contributed by atoms with van der Waals surface area (Å²) in [6, 6.07) is 2.09. The number of rotatable bonds is 2. The van der Waals surface area contributed by atoms with Crippen molar-refractivity contribution in [3.63, 3.8) is 0 Å². The maximum Gasteiger partial charge on any atom is 0.254 e. The molecule has 0 spiro atoms. The number of carbonyl (C=O) groups excluding carboxylic acids is 1. The van der Waals surface area contributed by atoms with Crippen LogP contribution in [0, 0.1) is 11.6 Å². The minimum atomic E-state index is -0.854. The van der Waals surface area contributed by atoms with Gasteiger partial charge in [-0.25, -0.2) is 8.78 Å². The van der Waals surface area contributed by atoms with Crippen molar-refractivity contribution in [2.75, 3.05) is 18.8 Å². The summed E-state index contributed by atoms with van der Waals surface area (Å²) in [6.45, 7) is 2.00. The van der Waals surface area contributed by atoms with Gasteiger partial charge in [0.15, 0.2) is 5.82 Å². The Kier molecular flexibility index (Phi) is 3.80. The van der Waals surface area contributed by atoms with E-state index in [1.807, 2.05) is 0 Å². The highest BCUT2D eigenvalue weighted by molar-refractivity contribution is 5.95. The quantitative estimate of drug-likeness (QED) is 0.819. The van der Waals surface area contributed by atoms with E-state index >= 15 is 0 Å². The molecular weight excluding hydrogens is 276 g/mol. The van der Waals surface area contributed by atoms with E-state index in [1.54, 1.807) is 0 Å². The van der Waals surface area contributed by atoms with E-state index in [-0.39, 0.29) is 17.3 Å². The predicted octanol–water partition coefficient (Wildman–Crippen LogP) is 1.90. The van der Waals surface area contributed by atoms with Gasteiger partial charge in [-0.1, -0.05) is 6.42 Å². The molecule has 3 N–H and O–H groups in total. The molecule has 2 saturated heterocycles. The number of nitrogens with one attached hydrogen (secondary N) is 1. The van der Waals surface area contributed by atoms with E-state index in [9.17, 15) is 13.6 Å². The number of fused-ring (bicyclic) bond motifs is 1.